The van der Waals surface area contributed by atoms with Crippen LogP contribution in [0.2, 0.25) is 0 Å². The number of aliphatic carboxylic acids is 1. The zero-order valence-corrected chi connectivity index (χ0v) is 12.0. The molecule has 6 nitrogen and oxygen atoms in total. The molecular weight excluding hydrogens is 258 g/mol. The van der Waals surface area contributed by atoms with Gasteiger partial charge in [-0.2, -0.15) is 0 Å². The van der Waals surface area contributed by atoms with Gasteiger partial charge in [0.05, 0.1) is 0 Å². The number of carboxylic acid groups (broad SMARTS) is 1. The molecule has 110 valence electrons. The lowest BCUT2D eigenvalue weighted by atomic mass is 10.1. The number of amides is 2. The first-order valence-corrected chi connectivity index (χ1v) is 6.39. The predicted octanol–water partition coefficient (Wildman–Crippen LogP) is 1.06. The fraction of sp³-hybridized carbons (Fsp3) is 0.429. The highest BCUT2D eigenvalue weighted by Gasteiger charge is 2.22. The summed E-state index contributed by atoms with van der Waals surface area (Å²) >= 11 is 0. The molecule has 0 bridgehead atoms. The first-order valence-electron chi connectivity index (χ1n) is 6.39. The van der Waals surface area contributed by atoms with Gasteiger partial charge >= 0.3 is 12.0 Å². The Bertz CT molecular complexity index is 448. The van der Waals surface area contributed by atoms with Crippen molar-refractivity contribution in [2.75, 3.05) is 20.6 Å². The fourth-order valence-electron chi connectivity index (χ4n) is 1.92. The molecule has 1 aromatic carbocycles. The molecule has 2 unspecified atom stereocenters. The first-order chi connectivity index (χ1) is 9.40. The molecule has 0 fully saturated rings. The summed E-state index contributed by atoms with van der Waals surface area (Å²) < 4.78 is 0. The average molecular weight is 279 g/mol. The maximum Gasteiger partial charge on any atom is 0.330 e. The Balaban J connectivity index is 2.63. The van der Waals surface area contributed by atoms with Crippen molar-refractivity contribution >= 4 is 12.0 Å². The highest BCUT2D eigenvalue weighted by atomic mass is 16.4. The lowest BCUT2D eigenvalue weighted by molar-refractivity contribution is -0.139. The molecule has 3 N–H and O–H groups in total. The van der Waals surface area contributed by atoms with Gasteiger partial charge in [-0.05, 0) is 26.6 Å². The van der Waals surface area contributed by atoms with Gasteiger partial charge in [0.25, 0.3) is 0 Å². The highest BCUT2D eigenvalue weighted by molar-refractivity contribution is 5.83. The normalized spacial score (nSPS) is 13.6. The van der Waals surface area contributed by atoms with Crippen molar-refractivity contribution < 1.29 is 14.7 Å². The molecule has 0 spiro atoms. The van der Waals surface area contributed by atoms with Crippen molar-refractivity contribution in [3.63, 3.8) is 0 Å². The number of benzene rings is 1. The zero-order chi connectivity index (χ0) is 15.1. The molecule has 0 saturated heterocycles. The van der Waals surface area contributed by atoms with Crippen LogP contribution in [0.5, 0.6) is 0 Å². The summed E-state index contributed by atoms with van der Waals surface area (Å²) in [5, 5.41) is 14.4. The summed E-state index contributed by atoms with van der Waals surface area (Å²) in [6, 6.07) is 6.99. The molecule has 20 heavy (non-hydrogen) atoms. The van der Waals surface area contributed by atoms with E-state index < -0.39 is 18.0 Å². The van der Waals surface area contributed by atoms with Gasteiger partial charge < -0.3 is 20.6 Å². The second-order valence-electron chi connectivity index (χ2n) is 4.96. The molecule has 6 heteroatoms. The van der Waals surface area contributed by atoms with Crippen LogP contribution in [-0.2, 0) is 4.79 Å². The molecular formula is C14H21N3O3. The Kier molecular flexibility index (Phi) is 5.99. The Morgan fingerprint density at radius 2 is 1.80 bits per heavy atom. The van der Waals surface area contributed by atoms with Gasteiger partial charge in [0.15, 0.2) is 6.04 Å². The maximum atomic E-state index is 11.8. The van der Waals surface area contributed by atoms with E-state index in [0.29, 0.717) is 12.1 Å². The van der Waals surface area contributed by atoms with Gasteiger partial charge in [0.1, 0.15) is 0 Å². The van der Waals surface area contributed by atoms with Gasteiger partial charge in [-0.25, -0.2) is 9.59 Å². The van der Waals surface area contributed by atoms with Crippen molar-refractivity contribution in [1.29, 1.82) is 0 Å². The summed E-state index contributed by atoms with van der Waals surface area (Å²) in [7, 11) is 3.81. The average Bonchev–Trinajstić information content (AvgIpc) is 2.35. The molecule has 2 amide bonds. The second kappa shape index (κ2) is 7.49. The molecule has 0 saturated carbocycles. The quantitative estimate of drug-likeness (QED) is 0.727. The summed E-state index contributed by atoms with van der Waals surface area (Å²) in [6.07, 6.45) is 0. The Hall–Kier alpha value is -2.08. The molecule has 1 rings (SSSR count). The lowest BCUT2D eigenvalue weighted by Crippen LogP contribution is -2.47. The van der Waals surface area contributed by atoms with Gasteiger partial charge in [-0.15, -0.1) is 0 Å². The van der Waals surface area contributed by atoms with Crippen molar-refractivity contribution in [3.8, 4) is 0 Å². The smallest absolute Gasteiger partial charge is 0.330 e. The maximum absolute atomic E-state index is 11.8. The van der Waals surface area contributed by atoms with E-state index in [2.05, 4.69) is 10.6 Å². The van der Waals surface area contributed by atoms with Crippen LogP contribution in [0, 0.1) is 0 Å². The number of carboxylic acids is 1. The minimum atomic E-state index is -1.09. The molecule has 0 aliphatic rings. The fourth-order valence-corrected chi connectivity index (χ4v) is 1.92. The summed E-state index contributed by atoms with van der Waals surface area (Å²) in [5.74, 6) is -1.09. The zero-order valence-electron chi connectivity index (χ0n) is 12.0. The van der Waals surface area contributed by atoms with Crippen molar-refractivity contribution in [2.24, 2.45) is 0 Å². The summed E-state index contributed by atoms with van der Waals surface area (Å²) in [5.41, 5.74) is 0.537. The number of nitrogens with one attached hydrogen (secondary N) is 2. The van der Waals surface area contributed by atoms with E-state index in [9.17, 15) is 14.7 Å². The summed E-state index contributed by atoms with van der Waals surface area (Å²) in [4.78, 5) is 25.0. The van der Waals surface area contributed by atoms with Crippen molar-refractivity contribution in [3.05, 3.63) is 35.9 Å². The van der Waals surface area contributed by atoms with Crippen LogP contribution in [-0.4, -0.2) is 48.7 Å². The minimum absolute atomic E-state index is 0.0739. The Morgan fingerprint density at radius 3 is 2.30 bits per heavy atom. The van der Waals surface area contributed by atoms with Gasteiger partial charge in [0, 0.05) is 12.6 Å². The number of urea groups is 1. The predicted molar refractivity (Wildman–Crippen MR) is 76.5 cm³/mol. The standard InChI is InChI=1S/C14H21N3O3/c1-10(9-17(2)3)15-14(20)16-12(13(18)19)11-7-5-4-6-8-11/h4-8,10,12H,9H2,1-3H3,(H,18,19)(H2,15,16,20). The first kappa shape index (κ1) is 16.0. The van der Waals surface area contributed by atoms with Crippen LogP contribution < -0.4 is 10.6 Å². The highest BCUT2D eigenvalue weighted by Crippen LogP contribution is 2.12. The van der Waals surface area contributed by atoms with E-state index >= 15 is 0 Å². The molecule has 0 heterocycles. The Morgan fingerprint density at radius 1 is 1.20 bits per heavy atom. The third-order valence-corrected chi connectivity index (χ3v) is 2.67. The van der Waals surface area contributed by atoms with Crippen LogP contribution in [0.3, 0.4) is 0 Å². The lowest BCUT2D eigenvalue weighted by Gasteiger charge is -2.20. The minimum Gasteiger partial charge on any atom is -0.479 e. The molecule has 0 radical (unpaired) electrons. The van der Waals surface area contributed by atoms with Crippen LogP contribution in [0.25, 0.3) is 0 Å². The molecule has 0 aliphatic carbocycles. The van der Waals surface area contributed by atoms with E-state index in [4.69, 9.17) is 0 Å². The van der Waals surface area contributed by atoms with Gasteiger partial charge in [-0.1, -0.05) is 30.3 Å². The van der Waals surface area contributed by atoms with Crippen LogP contribution in [0.15, 0.2) is 30.3 Å². The third kappa shape index (κ3) is 5.27. The van der Waals surface area contributed by atoms with E-state index in [-0.39, 0.29) is 6.04 Å². The number of hydrogen-bond donors (Lipinski definition) is 3. The van der Waals surface area contributed by atoms with Crippen LogP contribution >= 0.6 is 0 Å². The molecule has 1 aromatic rings. The third-order valence-electron chi connectivity index (χ3n) is 2.67. The summed E-state index contributed by atoms with van der Waals surface area (Å²) in [6.45, 7) is 2.54. The van der Waals surface area contributed by atoms with E-state index in [1.165, 1.54) is 0 Å². The number of nitrogens with zero attached hydrogens (tertiary/aromatic N) is 1. The van der Waals surface area contributed by atoms with Gasteiger partial charge in [-0.3, -0.25) is 0 Å². The van der Waals surface area contributed by atoms with E-state index in [1.54, 1.807) is 30.3 Å². The van der Waals surface area contributed by atoms with Crippen molar-refractivity contribution in [1.82, 2.24) is 15.5 Å². The number of carbonyl (C=O) groups excluding carboxylic acids is 1. The number of rotatable bonds is 6. The van der Waals surface area contributed by atoms with Crippen LogP contribution in [0.1, 0.15) is 18.5 Å². The van der Waals surface area contributed by atoms with E-state index in [1.807, 2.05) is 25.9 Å². The molecule has 0 aliphatic heterocycles. The monoisotopic (exact) mass is 279 g/mol. The van der Waals surface area contributed by atoms with Crippen molar-refractivity contribution in [2.45, 2.75) is 19.0 Å². The Labute approximate surface area is 118 Å². The van der Waals surface area contributed by atoms with Crippen LogP contribution in [0.4, 0.5) is 4.79 Å². The molecule has 2 atom stereocenters. The number of hydrogen-bond acceptors (Lipinski definition) is 3. The number of carbonyl (C=O) groups is 2. The molecule has 0 aromatic heterocycles. The SMILES string of the molecule is CC(CN(C)C)NC(=O)NC(C(=O)O)c1ccccc1. The largest absolute Gasteiger partial charge is 0.479 e. The topological polar surface area (TPSA) is 81.7 Å². The number of likely N-dealkylation sites (N-methyl/N-ethyl adjacent to an activating group) is 1. The second-order valence-corrected chi connectivity index (χ2v) is 4.96. The van der Waals surface area contributed by atoms with Gasteiger partial charge in [0.2, 0.25) is 0 Å². The van der Waals surface area contributed by atoms with E-state index in [0.717, 1.165) is 0 Å².